The van der Waals surface area contributed by atoms with Crippen molar-refractivity contribution in [2.75, 3.05) is 20.2 Å². The molecule has 0 aromatic carbocycles. The molecule has 0 radical (unpaired) electrons. The van der Waals surface area contributed by atoms with E-state index in [0.717, 1.165) is 12.8 Å². The third-order valence-corrected chi connectivity index (χ3v) is 3.33. The number of nitrogens with one attached hydrogen (secondary N) is 1. The predicted molar refractivity (Wildman–Crippen MR) is 69.8 cm³/mol. The summed E-state index contributed by atoms with van der Waals surface area (Å²) in [4.78, 5) is 25.3. The van der Waals surface area contributed by atoms with Gasteiger partial charge in [-0.15, -0.1) is 5.10 Å². The molecular formula is C12H19N5O3. The number of rotatable bonds is 4. The fourth-order valence-electron chi connectivity index (χ4n) is 2.30. The molecule has 1 atom stereocenters. The van der Waals surface area contributed by atoms with Gasteiger partial charge < -0.3 is 10.1 Å². The largest absolute Gasteiger partial charge is 0.453 e. The summed E-state index contributed by atoms with van der Waals surface area (Å²) in [6.07, 6.45) is 5.38. The van der Waals surface area contributed by atoms with E-state index in [9.17, 15) is 9.59 Å². The summed E-state index contributed by atoms with van der Waals surface area (Å²) >= 11 is 0. The highest BCUT2D eigenvalue weighted by Gasteiger charge is 2.32. The second-order valence-electron chi connectivity index (χ2n) is 4.63. The maximum atomic E-state index is 12.2. The molecule has 1 fully saturated rings. The SMILES string of the molecule is COC(=O)N1CCCC[C@@H]1C(=O)NCCn1ccnn1. The molecule has 1 aromatic rings. The first-order chi connectivity index (χ1) is 9.72. The van der Waals surface area contributed by atoms with Gasteiger partial charge in [0.15, 0.2) is 0 Å². The van der Waals surface area contributed by atoms with Gasteiger partial charge >= 0.3 is 6.09 Å². The highest BCUT2D eigenvalue weighted by atomic mass is 16.5. The molecule has 20 heavy (non-hydrogen) atoms. The lowest BCUT2D eigenvalue weighted by molar-refractivity contribution is -0.127. The first-order valence-corrected chi connectivity index (χ1v) is 6.69. The van der Waals surface area contributed by atoms with Gasteiger partial charge in [-0.25, -0.2) is 4.79 Å². The highest BCUT2D eigenvalue weighted by Crippen LogP contribution is 2.17. The second-order valence-corrected chi connectivity index (χ2v) is 4.63. The van der Waals surface area contributed by atoms with Crippen LogP contribution < -0.4 is 5.32 Å². The molecule has 1 aliphatic heterocycles. The van der Waals surface area contributed by atoms with Crippen molar-refractivity contribution in [1.82, 2.24) is 25.2 Å². The molecule has 110 valence electrons. The number of carbonyl (C=O) groups excluding carboxylic acids is 2. The number of ether oxygens (including phenoxy) is 1. The molecule has 0 spiro atoms. The number of aromatic nitrogens is 3. The van der Waals surface area contributed by atoms with Crippen molar-refractivity contribution in [3.8, 4) is 0 Å². The van der Waals surface area contributed by atoms with Crippen LogP contribution in [-0.2, 0) is 16.1 Å². The van der Waals surface area contributed by atoms with Crippen molar-refractivity contribution in [2.45, 2.75) is 31.8 Å². The van der Waals surface area contributed by atoms with E-state index >= 15 is 0 Å². The van der Waals surface area contributed by atoms with E-state index < -0.39 is 12.1 Å². The third kappa shape index (κ3) is 3.46. The molecule has 0 bridgehead atoms. The van der Waals surface area contributed by atoms with Crippen LogP contribution in [-0.4, -0.2) is 58.1 Å². The van der Waals surface area contributed by atoms with E-state index in [0.29, 0.717) is 26.1 Å². The van der Waals surface area contributed by atoms with Crippen molar-refractivity contribution in [3.63, 3.8) is 0 Å². The van der Waals surface area contributed by atoms with Crippen molar-refractivity contribution >= 4 is 12.0 Å². The van der Waals surface area contributed by atoms with Gasteiger partial charge in [-0.2, -0.15) is 0 Å². The van der Waals surface area contributed by atoms with Gasteiger partial charge in [0, 0.05) is 19.3 Å². The van der Waals surface area contributed by atoms with Crippen LogP contribution in [0.15, 0.2) is 12.4 Å². The summed E-state index contributed by atoms with van der Waals surface area (Å²) in [5.41, 5.74) is 0. The highest BCUT2D eigenvalue weighted by molar-refractivity contribution is 5.85. The average Bonchev–Trinajstić information content (AvgIpc) is 2.99. The molecule has 1 aromatic heterocycles. The zero-order chi connectivity index (χ0) is 14.4. The van der Waals surface area contributed by atoms with Crippen LogP contribution in [0.1, 0.15) is 19.3 Å². The number of nitrogens with zero attached hydrogens (tertiary/aromatic N) is 4. The molecule has 2 heterocycles. The lowest BCUT2D eigenvalue weighted by Crippen LogP contribution is -2.52. The molecule has 0 aliphatic carbocycles. The summed E-state index contributed by atoms with van der Waals surface area (Å²) in [6, 6.07) is -0.438. The Morgan fingerprint density at radius 1 is 1.45 bits per heavy atom. The maximum absolute atomic E-state index is 12.2. The standard InChI is InChI=1S/C12H19N5O3/c1-20-12(19)17-7-3-2-4-10(17)11(18)13-5-8-16-9-6-14-15-16/h6,9-10H,2-5,7-8H2,1H3,(H,13,18)/t10-/m1/s1. The molecule has 2 amide bonds. The molecule has 0 unspecified atom stereocenters. The Morgan fingerprint density at radius 2 is 2.30 bits per heavy atom. The molecule has 1 saturated heterocycles. The first kappa shape index (κ1) is 14.3. The normalized spacial score (nSPS) is 18.6. The molecule has 1 N–H and O–H groups in total. The van der Waals surface area contributed by atoms with E-state index in [2.05, 4.69) is 15.6 Å². The van der Waals surface area contributed by atoms with Gasteiger partial charge in [-0.1, -0.05) is 5.21 Å². The predicted octanol–water partition coefficient (Wildman–Crippen LogP) is 0.0152. The van der Waals surface area contributed by atoms with Gasteiger partial charge in [0.05, 0.1) is 19.9 Å². The Kier molecular flexibility index (Phi) is 4.91. The maximum Gasteiger partial charge on any atom is 0.410 e. The van der Waals surface area contributed by atoms with Gasteiger partial charge in [0.25, 0.3) is 0 Å². The first-order valence-electron chi connectivity index (χ1n) is 6.69. The third-order valence-electron chi connectivity index (χ3n) is 3.33. The lowest BCUT2D eigenvalue weighted by atomic mass is 10.0. The van der Waals surface area contributed by atoms with E-state index in [1.807, 2.05) is 0 Å². The Morgan fingerprint density at radius 3 is 3.00 bits per heavy atom. The lowest BCUT2D eigenvalue weighted by Gasteiger charge is -2.33. The van der Waals surface area contributed by atoms with Crippen LogP contribution in [0.2, 0.25) is 0 Å². The molecular weight excluding hydrogens is 262 g/mol. The monoisotopic (exact) mass is 281 g/mol. The number of piperidine rings is 1. The van der Waals surface area contributed by atoms with E-state index in [1.54, 1.807) is 17.1 Å². The molecule has 8 heteroatoms. The van der Waals surface area contributed by atoms with Crippen LogP contribution >= 0.6 is 0 Å². The molecule has 8 nitrogen and oxygen atoms in total. The van der Waals surface area contributed by atoms with E-state index in [1.165, 1.54) is 12.0 Å². The van der Waals surface area contributed by atoms with Crippen LogP contribution in [0.25, 0.3) is 0 Å². The number of methoxy groups -OCH3 is 1. The number of hydrogen-bond acceptors (Lipinski definition) is 5. The summed E-state index contributed by atoms with van der Waals surface area (Å²) < 4.78 is 6.36. The van der Waals surface area contributed by atoms with Gasteiger partial charge in [-0.05, 0) is 19.3 Å². The topological polar surface area (TPSA) is 89.4 Å². The molecule has 0 saturated carbocycles. The minimum Gasteiger partial charge on any atom is -0.453 e. The second kappa shape index (κ2) is 6.88. The molecule has 2 rings (SSSR count). The molecule has 1 aliphatic rings. The number of likely N-dealkylation sites (tertiary alicyclic amines) is 1. The van der Waals surface area contributed by atoms with Crippen LogP contribution in [0, 0.1) is 0 Å². The Balaban J connectivity index is 1.84. The zero-order valence-corrected chi connectivity index (χ0v) is 11.5. The number of carbonyl (C=O) groups is 2. The number of amides is 2. The van der Waals surface area contributed by atoms with Gasteiger partial charge in [0.2, 0.25) is 5.91 Å². The Bertz CT molecular complexity index is 448. The zero-order valence-electron chi connectivity index (χ0n) is 11.5. The number of hydrogen-bond donors (Lipinski definition) is 1. The summed E-state index contributed by atoms with van der Waals surface area (Å²) in [5, 5.41) is 10.3. The smallest absolute Gasteiger partial charge is 0.410 e. The van der Waals surface area contributed by atoms with Crippen molar-refractivity contribution in [3.05, 3.63) is 12.4 Å². The minimum absolute atomic E-state index is 0.143. The summed E-state index contributed by atoms with van der Waals surface area (Å²) in [7, 11) is 1.33. The Hall–Kier alpha value is -2.12. The summed E-state index contributed by atoms with van der Waals surface area (Å²) in [6.45, 7) is 1.57. The fraction of sp³-hybridized carbons (Fsp3) is 0.667. The average molecular weight is 281 g/mol. The van der Waals surface area contributed by atoms with Crippen LogP contribution in [0.3, 0.4) is 0 Å². The van der Waals surface area contributed by atoms with E-state index in [4.69, 9.17) is 4.74 Å². The van der Waals surface area contributed by atoms with Crippen molar-refractivity contribution in [2.24, 2.45) is 0 Å². The minimum atomic E-state index is -0.443. The van der Waals surface area contributed by atoms with Gasteiger partial charge in [0.1, 0.15) is 6.04 Å². The van der Waals surface area contributed by atoms with Crippen LogP contribution in [0.5, 0.6) is 0 Å². The Labute approximate surface area is 117 Å². The van der Waals surface area contributed by atoms with E-state index in [-0.39, 0.29) is 5.91 Å². The van der Waals surface area contributed by atoms with Crippen molar-refractivity contribution < 1.29 is 14.3 Å². The summed E-state index contributed by atoms with van der Waals surface area (Å²) in [5.74, 6) is -0.143. The van der Waals surface area contributed by atoms with Crippen LogP contribution in [0.4, 0.5) is 4.79 Å². The van der Waals surface area contributed by atoms with Gasteiger partial charge in [-0.3, -0.25) is 14.4 Å². The van der Waals surface area contributed by atoms with Crippen molar-refractivity contribution in [1.29, 1.82) is 0 Å². The fourth-order valence-corrected chi connectivity index (χ4v) is 2.30. The quantitative estimate of drug-likeness (QED) is 0.840.